The highest BCUT2D eigenvalue weighted by Crippen LogP contribution is 2.22. The van der Waals surface area contributed by atoms with Crippen LogP contribution in [-0.4, -0.2) is 34.6 Å². The number of thioether (sulfide) groups is 1. The van der Waals surface area contributed by atoms with Crippen LogP contribution in [0.4, 0.5) is 0 Å². The van der Waals surface area contributed by atoms with Crippen molar-refractivity contribution in [3.05, 3.63) is 106 Å². The standard InChI is InChI=1S/C29H33ClN2O2S/c1-21(2)31-29(34)27(17-23-9-5-4-6-10-23)32(18-25-11-7-8-12-26(25)30)28(33)20-35-19-24-15-13-22(3)14-16-24/h4-16,21,27H,17-20H2,1-3H3,(H,31,34). The molecule has 0 saturated heterocycles. The van der Waals surface area contributed by atoms with Crippen molar-refractivity contribution in [2.75, 3.05) is 5.75 Å². The van der Waals surface area contributed by atoms with Gasteiger partial charge < -0.3 is 10.2 Å². The molecule has 3 rings (SSSR count). The van der Waals surface area contributed by atoms with Gasteiger partial charge in [0.05, 0.1) is 5.75 Å². The molecule has 6 heteroatoms. The summed E-state index contributed by atoms with van der Waals surface area (Å²) in [5, 5.41) is 3.60. The van der Waals surface area contributed by atoms with Gasteiger partial charge in [0.2, 0.25) is 11.8 Å². The molecule has 3 aromatic carbocycles. The zero-order chi connectivity index (χ0) is 25.2. The number of aryl methyl sites for hydroxylation is 1. The predicted octanol–water partition coefficient (Wildman–Crippen LogP) is 6.05. The van der Waals surface area contributed by atoms with E-state index in [1.165, 1.54) is 11.1 Å². The second kappa shape index (κ2) is 13.4. The summed E-state index contributed by atoms with van der Waals surface area (Å²) in [4.78, 5) is 28.7. The highest BCUT2D eigenvalue weighted by molar-refractivity contribution is 7.99. The third kappa shape index (κ3) is 8.44. The molecule has 35 heavy (non-hydrogen) atoms. The summed E-state index contributed by atoms with van der Waals surface area (Å²) >= 11 is 8.01. The molecule has 1 unspecified atom stereocenters. The molecule has 1 N–H and O–H groups in total. The number of hydrogen-bond acceptors (Lipinski definition) is 3. The molecule has 0 aliphatic heterocycles. The van der Waals surface area contributed by atoms with Crippen LogP contribution < -0.4 is 5.32 Å². The van der Waals surface area contributed by atoms with Crippen molar-refractivity contribution in [3.8, 4) is 0 Å². The molecular formula is C29H33ClN2O2S. The van der Waals surface area contributed by atoms with Crippen molar-refractivity contribution in [2.45, 2.75) is 51.6 Å². The van der Waals surface area contributed by atoms with E-state index in [0.717, 1.165) is 16.9 Å². The Hall–Kier alpha value is -2.76. The Kier molecular flexibility index (Phi) is 10.2. The summed E-state index contributed by atoms with van der Waals surface area (Å²) in [5.41, 5.74) is 4.20. The second-order valence-corrected chi connectivity index (χ2v) is 10.4. The fourth-order valence-electron chi connectivity index (χ4n) is 3.77. The van der Waals surface area contributed by atoms with Crippen LogP contribution in [0.1, 0.15) is 36.1 Å². The van der Waals surface area contributed by atoms with Gasteiger partial charge in [-0.05, 0) is 43.5 Å². The first-order chi connectivity index (χ1) is 16.8. The number of hydrogen-bond donors (Lipinski definition) is 1. The van der Waals surface area contributed by atoms with Gasteiger partial charge in [0.15, 0.2) is 0 Å². The minimum atomic E-state index is -0.649. The Labute approximate surface area is 218 Å². The number of carbonyl (C=O) groups is 2. The number of rotatable bonds is 11. The minimum Gasteiger partial charge on any atom is -0.352 e. The molecule has 4 nitrogen and oxygen atoms in total. The molecule has 0 saturated carbocycles. The average molecular weight is 509 g/mol. The van der Waals surface area contributed by atoms with Crippen molar-refractivity contribution in [2.24, 2.45) is 0 Å². The van der Waals surface area contributed by atoms with Crippen LogP contribution in [0, 0.1) is 6.92 Å². The summed E-state index contributed by atoms with van der Waals surface area (Å²) < 4.78 is 0. The number of amides is 2. The molecule has 0 aliphatic rings. The van der Waals surface area contributed by atoms with E-state index in [2.05, 4.69) is 36.5 Å². The lowest BCUT2D eigenvalue weighted by Crippen LogP contribution is -2.52. The molecule has 3 aromatic rings. The lowest BCUT2D eigenvalue weighted by Gasteiger charge is -2.32. The molecule has 0 spiro atoms. The summed E-state index contributed by atoms with van der Waals surface area (Å²) in [5.74, 6) is 0.765. The van der Waals surface area contributed by atoms with Crippen LogP contribution in [0.3, 0.4) is 0 Å². The predicted molar refractivity (Wildman–Crippen MR) is 147 cm³/mol. The summed E-state index contributed by atoms with van der Waals surface area (Å²) in [7, 11) is 0. The normalized spacial score (nSPS) is 11.8. The first kappa shape index (κ1) is 26.8. The maximum absolute atomic E-state index is 13.6. The summed E-state index contributed by atoms with van der Waals surface area (Å²) in [6.07, 6.45) is 0.429. The maximum Gasteiger partial charge on any atom is 0.243 e. The molecule has 0 heterocycles. The van der Waals surface area contributed by atoms with Gasteiger partial charge in [-0.2, -0.15) is 0 Å². The SMILES string of the molecule is Cc1ccc(CSCC(=O)N(Cc2ccccc2Cl)C(Cc2ccccc2)C(=O)NC(C)C)cc1. The lowest BCUT2D eigenvalue weighted by atomic mass is 10.0. The Morgan fingerprint density at radius 1 is 0.914 bits per heavy atom. The van der Waals surface area contributed by atoms with Crippen molar-refractivity contribution in [3.63, 3.8) is 0 Å². The Morgan fingerprint density at radius 3 is 2.23 bits per heavy atom. The van der Waals surface area contributed by atoms with Gasteiger partial charge in [0.25, 0.3) is 0 Å². The van der Waals surface area contributed by atoms with Gasteiger partial charge in [-0.3, -0.25) is 9.59 Å². The van der Waals surface area contributed by atoms with E-state index in [1.807, 2.05) is 68.4 Å². The van der Waals surface area contributed by atoms with Crippen LogP contribution in [0.2, 0.25) is 5.02 Å². The topological polar surface area (TPSA) is 49.4 Å². The zero-order valence-corrected chi connectivity index (χ0v) is 22.1. The first-order valence-corrected chi connectivity index (χ1v) is 13.4. The Balaban J connectivity index is 1.85. The number of nitrogens with zero attached hydrogens (tertiary/aromatic N) is 1. The van der Waals surface area contributed by atoms with Gasteiger partial charge >= 0.3 is 0 Å². The van der Waals surface area contributed by atoms with Crippen LogP contribution in [-0.2, 0) is 28.3 Å². The van der Waals surface area contributed by atoms with Gasteiger partial charge in [0, 0.05) is 29.8 Å². The number of nitrogens with one attached hydrogen (secondary N) is 1. The minimum absolute atomic E-state index is 0.0334. The lowest BCUT2D eigenvalue weighted by molar-refractivity contribution is -0.139. The van der Waals surface area contributed by atoms with Crippen LogP contribution in [0.25, 0.3) is 0 Å². The highest BCUT2D eigenvalue weighted by atomic mass is 35.5. The van der Waals surface area contributed by atoms with E-state index in [1.54, 1.807) is 16.7 Å². The second-order valence-electron chi connectivity index (χ2n) is 8.96. The number of carbonyl (C=O) groups excluding carboxylic acids is 2. The molecular weight excluding hydrogens is 476 g/mol. The Morgan fingerprint density at radius 2 is 1.57 bits per heavy atom. The third-order valence-corrected chi connectivity index (χ3v) is 6.97. The van der Waals surface area contributed by atoms with Gasteiger partial charge in [-0.25, -0.2) is 0 Å². The van der Waals surface area contributed by atoms with Crippen LogP contribution >= 0.6 is 23.4 Å². The van der Waals surface area contributed by atoms with Gasteiger partial charge in [-0.15, -0.1) is 11.8 Å². The van der Waals surface area contributed by atoms with E-state index in [4.69, 9.17) is 11.6 Å². The maximum atomic E-state index is 13.6. The summed E-state index contributed by atoms with van der Waals surface area (Å²) in [6.45, 7) is 6.18. The molecule has 0 fully saturated rings. The highest BCUT2D eigenvalue weighted by Gasteiger charge is 2.31. The largest absolute Gasteiger partial charge is 0.352 e. The van der Waals surface area contributed by atoms with Gasteiger partial charge in [0.1, 0.15) is 6.04 Å². The fraction of sp³-hybridized carbons (Fsp3) is 0.310. The van der Waals surface area contributed by atoms with Gasteiger partial charge in [-0.1, -0.05) is 90.0 Å². The molecule has 2 amide bonds. The smallest absolute Gasteiger partial charge is 0.243 e. The summed E-state index contributed by atoms with van der Waals surface area (Å²) in [6, 6.07) is 24.9. The zero-order valence-electron chi connectivity index (χ0n) is 20.5. The first-order valence-electron chi connectivity index (χ1n) is 11.8. The van der Waals surface area contributed by atoms with Crippen molar-refractivity contribution in [1.82, 2.24) is 10.2 Å². The van der Waals surface area contributed by atoms with E-state index >= 15 is 0 Å². The monoisotopic (exact) mass is 508 g/mol. The molecule has 0 aromatic heterocycles. The van der Waals surface area contributed by atoms with Crippen molar-refractivity contribution >= 4 is 35.2 Å². The van der Waals surface area contributed by atoms with E-state index in [9.17, 15) is 9.59 Å². The molecule has 0 aliphatic carbocycles. The molecule has 184 valence electrons. The third-order valence-electron chi connectivity index (χ3n) is 5.62. The quantitative estimate of drug-likeness (QED) is 0.343. The van der Waals surface area contributed by atoms with E-state index in [0.29, 0.717) is 11.4 Å². The van der Waals surface area contributed by atoms with Crippen molar-refractivity contribution in [1.29, 1.82) is 0 Å². The van der Waals surface area contributed by atoms with E-state index < -0.39 is 6.04 Å². The Bertz CT molecular complexity index is 1100. The molecule has 1 atom stereocenters. The fourth-order valence-corrected chi connectivity index (χ4v) is 4.83. The van der Waals surface area contributed by atoms with Crippen molar-refractivity contribution < 1.29 is 9.59 Å². The number of benzene rings is 3. The molecule has 0 radical (unpaired) electrons. The molecule has 0 bridgehead atoms. The number of halogens is 1. The van der Waals surface area contributed by atoms with Crippen LogP contribution in [0.15, 0.2) is 78.9 Å². The average Bonchev–Trinajstić information content (AvgIpc) is 2.83. The van der Waals surface area contributed by atoms with E-state index in [-0.39, 0.29) is 30.2 Å². The van der Waals surface area contributed by atoms with Crippen LogP contribution in [0.5, 0.6) is 0 Å².